The van der Waals surface area contributed by atoms with Gasteiger partial charge in [0.25, 0.3) is 0 Å². The molecule has 0 aromatic heterocycles. The van der Waals surface area contributed by atoms with Gasteiger partial charge in [-0.1, -0.05) is 33.1 Å². The number of halogens is 2. The molecule has 5 heteroatoms. The molecule has 0 amide bonds. The highest BCUT2D eigenvalue weighted by Crippen LogP contribution is 2.20. The summed E-state index contributed by atoms with van der Waals surface area (Å²) in [7, 11) is 0. The van der Waals surface area contributed by atoms with Gasteiger partial charge in [-0.2, -0.15) is 0 Å². The fourth-order valence-corrected chi connectivity index (χ4v) is 3.01. The van der Waals surface area contributed by atoms with Gasteiger partial charge in [-0.15, -0.1) is 11.8 Å². The third kappa shape index (κ3) is 11.5. The van der Waals surface area contributed by atoms with Gasteiger partial charge in [-0.25, -0.2) is 8.78 Å². The summed E-state index contributed by atoms with van der Waals surface area (Å²) in [4.78, 5) is 11.9. The Morgan fingerprint density at radius 1 is 1.05 bits per heavy atom. The standard InChI is InChI=1S/C15H28F2O2S/c1-3-5-11-19-15(18)13(9-4-2)20-12-8-6-7-10-14(16)17/h13-14H,3-12H2,1-2H3. The second kappa shape index (κ2) is 13.7. The van der Waals surface area contributed by atoms with Crippen molar-refractivity contribution in [1.82, 2.24) is 0 Å². The average molecular weight is 310 g/mol. The Hall–Kier alpha value is -0.320. The molecule has 0 radical (unpaired) electrons. The van der Waals surface area contributed by atoms with Gasteiger partial charge in [-0.05, 0) is 31.4 Å². The number of alkyl halides is 2. The Morgan fingerprint density at radius 3 is 2.40 bits per heavy atom. The van der Waals surface area contributed by atoms with Crippen LogP contribution < -0.4 is 0 Å². The quantitative estimate of drug-likeness (QED) is 0.351. The molecule has 0 aromatic carbocycles. The summed E-state index contributed by atoms with van der Waals surface area (Å²) in [5.41, 5.74) is 0. The summed E-state index contributed by atoms with van der Waals surface area (Å²) in [6, 6.07) is 0. The summed E-state index contributed by atoms with van der Waals surface area (Å²) >= 11 is 1.61. The van der Waals surface area contributed by atoms with E-state index in [-0.39, 0.29) is 17.6 Å². The zero-order valence-electron chi connectivity index (χ0n) is 12.7. The second-order valence-corrected chi connectivity index (χ2v) is 6.22. The van der Waals surface area contributed by atoms with Crippen LogP contribution in [-0.2, 0) is 9.53 Å². The van der Waals surface area contributed by atoms with Crippen molar-refractivity contribution in [1.29, 1.82) is 0 Å². The van der Waals surface area contributed by atoms with Crippen LogP contribution in [0.25, 0.3) is 0 Å². The number of thioether (sulfide) groups is 1. The van der Waals surface area contributed by atoms with Gasteiger partial charge in [0.2, 0.25) is 6.43 Å². The lowest BCUT2D eigenvalue weighted by molar-refractivity contribution is -0.143. The van der Waals surface area contributed by atoms with Crippen molar-refractivity contribution in [2.45, 2.75) is 76.9 Å². The minimum atomic E-state index is -2.19. The maximum absolute atomic E-state index is 12.0. The number of carbonyl (C=O) groups excluding carboxylic acids is 1. The lowest BCUT2D eigenvalue weighted by Crippen LogP contribution is -2.21. The van der Waals surface area contributed by atoms with E-state index in [4.69, 9.17) is 4.74 Å². The third-order valence-corrected chi connectivity index (χ3v) is 4.30. The zero-order chi connectivity index (χ0) is 15.2. The number of unbranched alkanes of at least 4 members (excludes halogenated alkanes) is 3. The largest absolute Gasteiger partial charge is 0.465 e. The molecule has 2 nitrogen and oxygen atoms in total. The molecular weight excluding hydrogens is 282 g/mol. The lowest BCUT2D eigenvalue weighted by atomic mass is 10.2. The summed E-state index contributed by atoms with van der Waals surface area (Å²) in [5, 5.41) is -0.0908. The van der Waals surface area contributed by atoms with E-state index in [2.05, 4.69) is 13.8 Å². The minimum absolute atomic E-state index is 0.0118. The Labute approximate surface area is 126 Å². The molecule has 0 heterocycles. The van der Waals surface area contributed by atoms with Crippen molar-refractivity contribution in [3.8, 4) is 0 Å². The topological polar surface area (TPSA) is 26.3 Å². The van der Waals surface area contributed by atoms with Crippen molar-refractivity contribution in [2.75, 3.05) is 12.4 Å². The molecule has 0 aromatic rings. The van der Waals surface area contributed by atoms with Crippen LogP contribution in [0.1, 0.15) is 65.2 Å². The van der Waals surface area contributed by atoms with E-state index in [0.29, 0.717) is 13.0 Å². The van der Waals surface area contributed by atoms with E-state index < -0.39 is 6.43 Å². The fourth-order valence-electron chi connectivity index (χ4n) is 1.74. The van der Waals surface area contributed by atoms with Crippen LogP contribution in [0.5, 0.6) is 0 Å². The van der Waals surface area contributed by atoms with Crippen LogP contribution in [-0.4, -0.2) is 30.0 Å². The first-order chi connectivity index (χ1) is 9.61. The molecule has 0 aliphatic heterocycles. The van der Waals surface area contributed by atoms with Crippen molar-refractivity contribution < 1.29 is 18.3 Å². The highest BCUT2D eigenvalue weighted by atomic mass is 32.2. The van der Waals surface area contributed by atoms with E-state index >= 15 is 0 Å². The first-order valence-electron chi connectivity index (χ1n) is 7.68. The fraction of sp³-hybridized carbons (Fsp3) is 0.933. The van der Waals surface area contributed by atoms with Gasteiger partial charge < -0.3 is 4.74 Å². The van der Waals surface area contributed by atoms with E-state index in [0.717, 1.165) is 44.3 Å². The predicted molar refractivity (Wildman–Crippen MR) is 81.5 cm³/mol. The Balaban J connectivity index is 3.75. The lowest BCUT2D eigenvalue weighted by Gasteiger charge is -2.14. The number of hydrogen-bond acceptors (Lipinski definition) is 3. The summed E-state index contributed by atoms with van der Waals surface area (Å²) < 4.78 is 29.2. The summed E-state index contributed by atoms with van der Waals surface area (Å²) in [5.74, 6) is 0.731. The van der Waals surface area contributed by atoms with Crippen LogP contribution >= 0.6 is 11.8 Å². The Bertz CT molecular complexity index is 238. The summed E-state index contributed by atoms with van der Waals surface area (Å²) in [6.45, 7) is 4.62. The van der Waals surface area contributed by atoms with Gasteiger partial charge in [0, 0.05) is 6.42 Å². The smallest absolute Gasteiger partial charge is 0.319 e. The van der Waals surface area contributed by atoms with Crippen LogP contribution in [0.15, 0.2) is 0 Å². The molecule has 120 valence electrons. The number of esters is 1. The molecule has 0 fully saturated rings. The molecule has 0 aliphatic rings. The van der Waals surface area contributed by atoms with Gasteiger partial charge >= 0.3 is 5.97 Å². The van der Waals surface area contributed by atoms with Gasteiger partial charge in [0.1, 0.15) is 5.25 Å². The molecule has 0 saturated carbocycles. The number of ether oxygens (including phenoxy) is 1. The highest BCUT2D eigenvalue weighted by molar-refractivity contribution is 8.00. The Morgan fingerprint density at radius 2 is 1.80 bits per heavy atom. The second-order valence-electron chi connectivity index (χ2n) is 4.91. The molecular formula is C15H28F2O2S. The van der Waals surface area contributed by atoms with Crippen molar-refractivity contribution in [3.63, 3.8) is 0 Å². The first-order valence-corrected chi connectivity index (χ1v) is 8.73. The van der Waals surface area contributed by atoms with E-state index in [1.54, 1.807) is 11.8 Å². The van der Waals surface area contributed by atoms with E-state index in [1.807, 2.05) is 0 Å². The van der Waals surface area contributed by atoms with E-state index in [9.17, 15) is 13.6 Å². The van der Waals surface area contributed by atoms with Crippen molar-refractivity contribution in [3.05, 3.63) is 0 Å². The average Bonchev–Trinajstić information content (AvgIpc) is 2.41. The summed E-state index contributed by atoms with van der Waals surface area (Å²) in [6.07, 6.45) is 3.76. The Kier molecular flexibility index (Phi) is 13.4. The third-order valence-electron chi connectivity index (χ3n) is 2.94. The monoisotopic (exact) mass is 310 g/mol. The van der Waals surface area contributed by atoms with Crippen LogP contribution in [0.2, 0.25) is 0 Å². The molecule has 20 heavy (non-hydrogen) atoms. The van der Waals surface area contributed by atoms with Crippen LogP contribution in [0.4, 0.5) is 8.78 Å². The normalized spacial score (nSPS) is 12.7. The van der Waals surface area contributed by atoms with Crippen LogP contribution in [0.3, 0.4) is 0 Å². The maximum atomic E-state index is 12.0. The number of carbonyl (C=O) groups is 1. The SMILES string of the molecule is CCCCOC(=O)C(CCC)SCCCCCC(F)F. The molecule has 1 atom stereocenters. The molecule has 0 N–H and O–H groups in total. The molecule has 1 unspecified atom stereocenters. The maximum Gasteiger partial charge on any atom is 0.319 e. The molecule has 0 saturated heterocycles. The van der Waals surface area contributed by atoms with Crippen LogP contribution in [0, 0.1) is 0 Å². The van der Waals surface area contributed by atoms with Gasteiger partial charge in [0.05, 0.1) is 6.61 Å². The molecule has 0 rings (SSSR count). The molecule has 0 bridgehead atoms. The highest BCUT2D eigenvalue weighted by Gasteiger charge is 2.19. The minimum Gasteiger partial charge on any atom is -0.465 e. The number of hydrogen-bond donors (Lipinski definition) is 0. The van der Waals surface area contributed by atoms with Crippen molar-refractivity contribution >= 4 is 17.7 Å². The number of rotatable bonds is 13. The van der Waals surface area contributed by atoms with E-state index in [1.165, 1.54) is 0 Å². The predicted octanol–water partition coefficient (Wildman–Crippen LogP) is 5.06. The first kappa shape index (κ1) is 19.7. The zero-order valence-corrected chi connectivity index (χ0v) is 13.5. The molecule has 0 aliphatic carbocycles. The van der Waals surface area contributed by atoms with Crippen molar-refractivity contribution in [2.24, 2.45) is 0 Å². The molecule has 0 spiro atoms. The van der Waals surface area contributed by atoms with Gasteiger partial charge in [0.15, 0.2) is 0 Å². The van der Waals surface area contributed by atoms with Gasteiger partial charge in [-0.3, -0.25) is 4.79 Å².